The molecule has 0 saturated heterocycles. The maximum Gasteiger partial charge on any atom is 0.247 e. The van der Waals surface area contributed by atoms with Crippen LogP contribution in [-0.4, -0.2) is 38.1 Å². The van der Waals surface area contributed by atoms with Crippen LogP contribution in [0.5, 0.6) is 5.75 Å². The molecule has 0 spiro atoms. The molecule has 0 bridgehead atoms. The Morgan fingerprint density at radius 3 is 2.29 bits per heavy atom. The van der Waals surface area contributed by atoms with E-state index in [0.717, 1.165) is 16.7 Å². The summed E-state index contributed by atoms with van der Waals surface area (Å²) in [6.45, 7) is 3.73. The van der Waals surface area contributed by atoms with Gasteiger partial charge in [0.1, 0.15) is 10.6 Å². The number of ether oxygens (including phenoxy) is 1. The van der Waals surface area contributed by atoms with Gasteiger partial charge in [-0.3, -0.25) is 0 Å². The highest BCUT2D eigenvalue weighted by Gasteiger charge is 2.28. The largest absolute Gasteiger partial charge is 0.495 e. The smallest absolute Gasteiger partial charge is 0.247 e. The molecule has 6 heteroatoms. The fraction of sp³-hybridized carbons (Fsp3) is 0.333. The molecular weight excluding hydrogens is 326 g/mol. The van der Waals surface area contributed by atoms with Crippen LogP contribution in [0.2, 0.25) is 0 Å². The van der Waals surface area contributed by atoms with Crippen molar-refractivity contribution in [3.8, 4) is 5.75 Å². The molecule has 0 saturated carbocycles. The molecule has 0 aromatic heterocycles. The van der Waals surface area contributed by atoms with Crippen LogP contribution in [0.1, 0.15) is 16.7 Å². The number of benzene rings is 2. The maximum absolute atomic E-state index is 13.1. The van der Waals surface area contributed by atoms with E-state index in [1.54, 1.807) is 12.1 Å². The Morgan fingerprint density at radius 1 is 1.08 bits per heavy atom. The van der Waals surface area contributed by atoms with E-state index in [4.69, 9.17) is 4.74 Å². The first kappa shape index (κ1) is 18.4. The van der Waals surface area contributed by atoms with Gasteiger partial charge in [-0.05, 0) is 42.7 Å². The average Bonchev–Trinajstić information content (AvgIpc) is 2.57. The Morgan fingerprint density at radius 2 is 1.71 bits per heavy atom. The van der Waals surface area contributed by atoms with Crippen molar-refractivity contribution in [2.75, 3.05) is 20.3 Å². The Hall–Kier alpha value is -1.89. The standard InChI is InChI=1S/C18H23NO4S/c1-14-11-17(23-3)18(12-15(14)2)24(21,22)19(9-10-20)13-16-7-5-4-6-8-16/h4-8,11-12,20H,9-10,13H2,1-3H3. The summed E-state index contributed by atoms with van der Waals surface area (Å²) in [6.07, 6.45) is 0. The van der Waals surface area contributed by atoms with Gasteiger partial charge in [0, 0.05) is 13.1 Å². The lowest BCUT2D eigenvalue weighted by atomic mass is 10.1. The third-order valence-electron chi connectivity index (χ3n) is 3.95. The van der Waals surface area contributed by atoms with Crippen LogP contribution in [-0.2, 0) is 16.6 Å². The minimum atomic E-state index is -3.80. The summed E-state index contributed by atoms with van der Waals surface area (Å²) in [5.41, 5.74) is 2.69. The first-order chi connectivity index (χ1) is 11.4. The van der Waals surface area contributed by atoms with E-state index in [-0.39, 0.29) is 24.6 Å². The van der Waals surface area contributed by atoms with Crippen molar-refractivity contribution in [1.82, 2.24) is 4.31 Å². The predicted molar refractivity (Wildman–Crippen MR) is 93.6 cm³/mol. The number of aryl methyl sites for hydroxylation is 2. The number of aliphatic hydroxyl groups excluding tert-OH is 1. The number of methoxy groups -OCH3 is 1. The summed E-state index contributed by atoms with van der Waals surface area (Å²) < 4.78 is 32.8. The van der Waals surface area contributed by atoms with E-state index >= 15 is 0 Å². The molecule has 0 heterocycles. The van der Waals surface area contributed by atoms with Gasteiger partial charge in [0.15, 0.2) is 0 Å². The summed E-state index contributed by atoms with van der Waals surface area (Å²) in [7, 11) is -2.34. The molecule has 0 atom stereocenters. The van der Waals surface area contributed by atoms with Gasteiger partial charge in [0.05, 0.1) is 13.7 Å². The zero-order valence-electron chi connectivity index (χ0n) is 14.2. The predicted octanol–water partition coefficient (Wildman–Crippen LogP) is 2.50. The Balaban J connectivity index is 2.47. The molecular formula is C18H23NO4S. The van der Waals surface area contributed by atoms with Crippen LogP contribution in [0.4, 0.5) is 0 Å². The lowest BCUT2D eigenvalue weighted by Gasteiger charge is -2.23. The van der Waals surface area contributed by atoms with Crippen LogP contribution in [0.15, 0.2) is 47.4 Å². The summed E-state index contributed by atoms with van der Waals surface area (Å²) in [5, 5.41) is 9.31. The number of hydrogen-bond donors (Lipinski definition) is 1. The van der Waals surface area contributed by atoms with Crippen LogP contribution >= 0.6 is 0 Å². The molecule has 2 aromatic carbocycles. The van der Waals surface area contributed by atoms with Gasteiger partial charge < -0.3 is 9.84 Å². The van der Waals surface area contributed by atoms with Gasteiger partial charge in [-0.1, -0.05) is 30.3 Å². The second-order valence-electron chi connectivity index (χ2n) is 5.64. The van der Waals surface area contributed by atoms with Crippen LogP contribution in [0, 0.1) is 13.8 Å². The molecule has 0 aliphatic rings. The highest BCUT2D eigenvalue weighted by Crippen LogP contribution is 2.30. The van der Waals surface area contributed by atoms with Crippen molar-refractivity contribution in [3.63, 3.8) is 0 Å². The van der Waals surface area contributed by atoms with Gasteiger partial charge in [-0.2, -0.15) is 4.31 Å². The molecule has 0 unspecified atom stereocenters. The summed E-state index contributed by atoms with van der Waals surface area (Å²) in [4.78, 5) is 0.123. The van der Waals surface area contributed by atoms with Crippen molar-refractivity contribution >= 4 is 10.0 Å². The van der Waals surface area contributed by atoms with Crippen molar-refractivity contribution in [2.45, 2.75) is 25.3 Å². The molecule has 5 nitrogen and oxygen atoms in total. The second-order valence-corrected chi connectivity index (χ2v) is 7.54. The van der Waals surface area contributed by atoms with Crippen molar-refractivity contribution in [1.29, 1.82) is 0 Å². The summed E-state index contributed by atoms with van der Waals surface area (Å²) >= 11 is 0. The van der Waals surface area contributed by atoms with Gasteiger partial charge >= 0.3 is 0 Å². The fourth-order valence-electron chi connectivity index (χ4n) is 2.45. The van der Waals surface area contributed by atoms with E-state index in [1.807, 2.05) is 44.2 Å². The zero-order valence-corrected chi connectivity index (χ0v) is 15.0. The van der Waals surface area contributed by atoms with Crippen molar-refractivity contribution < 1.29 is 18.3 Å². The fourth-order valence-corrected chi connectivity index (χ4v) is 4.09. The van der Waals surface area contributed by atoms with E-state index in [9.17, 15) is 13.5 Å². The van der Waals surface area contributed by atoms with Gasteiger partial charge in [-0.15, -0.1) is 0 Å². The van der Waals surface area contributed by atoms with Gasteiger partial charge in [0.2, 0.25) is 10.0 Å². The molecule has 0 fully saturated rings. The van der Waals surface area contributed by atoms with Gasteiger partial charge in [-0.25, -0.2) is 8.42 Å². The number of nitrogens with zero attached hydrogens (tertiary/aromatic N) is 1. The average molecular weight is 349 g/mol. The third kappa shape index (κ3) is 3.95. The Labute approximate surface area is 143 Å². The molecule has 2 rings (SSSR count). The first-order valence-electron chi connectivity index (χ1n) is 7.70. The highest BCUT2D eigenvalue weighted by atomic mass is 32.2. The normalized spacial score (nSPS) is 11.7. The minimum Gasteiger partial charge on any atom is -0.495 e. The number of aliphatic hydroxyl groups is 1. The first-order valence-corrected chi connectivity index (χ1v) is 9.14. The zero-order chi connectivity index (χ0) is 17.7. The number of sulfonamides is 1. The quantitative estimate of drug-likeness (QED) is 0.834. The van der Waals surface area contributed by atoms with Crippen LogP contribution < -0.4 is 4.74 Å². The summed E-state index contributed by atoms with van der Waals surface area (Å²) in [5.74, 6) is 0.314. The second kappa shape index (κ2) is 7.79. The van der Waals surface area contributed by atoms with Gasteiger partial charge in [0.25, 0.3) is 0 Å². The SMILES string of the molecule is COc1cc(C)c(C)cc1S(=O)(=O)N(CCO)Cc1ccccc1. The lowest BCUT2D eigenvalue weighted by molar-refractivity contribution is 0.250. The van der Waals surface area contributed by atoms with E-state index in [1.165, 1.54) is 11.4 Å². The summed E-state index contributed by atoms with van der Waals surface area (Å²) in [6, 6.07) is 12.7. The molecule has 0 aliphatic carbocycles. The Bertz CT molecular complexity index is 788. The monoisotopic (exact) mass is 349 g/mol. The van der Waals surface area contributed by atoms with E-state index < -0.39 is 10.0 Å². The van der Waals surface area contributed by atoms with Crippen molar-refractivity contribution in [3.05, 3.63) is 59.2 Å². The van der Waals surface area contributed by atoms with Crippen LogP contribution in [0.25, 0.3) is 0 Å². The molecule has 0 radical (unpaired) electrons. The topological polar surface area (TPSA) is 66.8 Å². The minimum absolute atomic E-state index is 0.0211. The molecule has 0 aliphatic heterocycles. The van der Waals surface area contributed by atoms with E-state index in [2.05, 4.69) is 0 Å². The molecule has 0 amide bonds. The van der Waals surface area contributed by atoms with E-state index in [0.29, 0.717) is 5.75 Å². The highest BCUT2D eigenvalue weighted by molar-refractivity contribution is 7.89. The molecule has 1 N–H and O–H groups in total. The maximum atomic E-state index is 13.1. The molecule has 2 aromatic rings. The van der Waals surface area contributed by atoms with Crippen molar-refractivity contribution in [2.24, 2.45) is 0 Å². The number of rotatable bonds is 7. The molecule has 24 heavy (non-hydrogen) atoms. The van der Waals surface area contributed by atoms with Crippen LogP contribution in [0.3, 0.4) is 0 Å². The lowest BCUT2D eigenvalue weighted by Crippen LogP contribution is -2.33. The number of hydrogen-bond acceptors (Lipinski definition) is 4. The molecule has 130 valence electrons. The Kier molecular flexibility index (Phi) is 5.99. The third-order valence-corrected chi connectivity index (χ3v) is 5.82.